The number of halogens is 3. The van der Waals surface area contributed by atoms with Crippen molar-refractivity contribution in [3.63, 3.8) is 0 Å². The molecule has 0 radical (unpaired) electrons. The molecule has 0 saturated carbocycles. The third kappa shape index (κ3) is 5.24. The third-order valence-electron chi connectivity index (χ3n) is 4.98. The first-order valence-corrected chi connectivity index (χ1v) is 12.0. The van der Waals surface area contributed by atoms with E-state index in [1.54, 1.807) is 36.4 Å². The lowest BCUT2D eigenvalue weighted by Crippen LogP contribution is -2.54. The monoisotopic (exact) mass is 602 g/mol. The van der Waals surface area contributed by atoms with Crippen LogP contribution in [0.2, 0.25) is 5.02 Å². The summed E-state index contributed by atoms with van der Waals surface area (Å²) < 4.78 is 7.24. The highest BCUT2D eigenvalue weighted by molar-refractivity contribution is 9.10. The van der Waals surface area contributed by atoms with Crippen LogP contribution in [-0.4, -0.2) is 17.8 Å². The normalized spacial score (nSPS) is 15.0. The second-order valence-electron chi connectivity index (χ2n) is 7.53. The predicted molar refractivity (Wildman–Crippen MR) is 138 cm³/mol. The zero-order valence-electron chi connectivity index (χ0n) is 17.8. The minimum absolute atomic E-state index is 0.195. The minimum atomic E-state index is -0.811. The molecule has 1 heterocycles. The zero-order chi connectivity index (χ0) is 24.4. The number of rotatable bonds is 5. The Morgan fingerprint density at radius 2 is 1.76 bits per heavy atom. The molecule has 0 spiro atoms. The highest BCUT2D eigenvalue weighted by Crippen LogP contribution is 2.36. The van der Waals surface area contributed by atoms with Gasteiger partial charge in [0.05, 0.1) is 15.2 Å². The molecular formula is C25H17Br2ClN2O4. The number of aryl methyl sites for hydroxylation is 1. The average Bonchev–Trinajstić information content (AvgIpc) is 2.77. The molecule has 34 heavy (non-hydrogen) atoms. The molecule has 1 fully saturated rings. The third-order valence-corrected chi connectivity index (χ3v) is 6.38. The quantitative estimate of drug-likeness (QED) is 0.270. The number of imide groups is 2. The van der Waals surface area contributed by atoms with Crippen LogP contribution < -0.4 is 15.0 Å². The lowest BCUT2D eigenvalue weighted by Gasteiger charge is -2.26. The minimum Gasteiger partial charge on any atom is -0.486 e. The number of nitrogens with zero attached hydrogens (tertiary/aromatic N) is 1. The Hall–Kier alpha value is -2.94. The fourth-order valence-corrected chi connectivity index (χ4v) is 4.66. The van der Waals surface area contributed by atoms with E-state index in [1.807, 2.05) is 31.2 Å². The van der Waals surface area contributed by atoms with Crippen molar-refractivity contribution in [1.29, 1.82) is 0 Å². The number of anilines is 1. The van der Waals surface area contributed by atoms with Gasteiger partial charge in [-0.25, -0.2) is 9.69 Å². The van der Waals surface area contributed by atoms with Crippen LogP contribution in [0.1, 0.15) is 16.7 Å². The van der Waals surface area contributed by atoms with Gasteiger partial charge in [0.25, 0.3) is 11.8 Å². The number of carbonyl (C=O) groups is 3. The Balaban J connectivity index is 1.60. The lowest BCUT2D eigenvalue weighted by atomic mass is 10.1. The van der Waals surface area contributed by atoms with E-state index in [4.69, 9.17) is 16.3 Å². The number of carbonyl (C=O) groups excluding carboxylic acids is 3. The van der Waals surface area contributed by atoms with Crippen LogP contribution in [-0.2, 0) is 16.2 Å². The maximum atomic E-state index is 13.1. The van der Waals surface area contributed by atoms with Gasteiger partial charge >= 0.3 is 6.03 Å². The second-order valence-corrected chi connectivity index (χ2v) is 9.70. The molecule has 9 heteroatoms. The molecule has 6 nitrogen and oxygen atoms in total. The van der Waals surface area contributed by atoms with Gasteiger partial charge in [0.2, 0.25) is 0 Å². The largest absolute Gasteiger partial charge is 0.486 e. The summed E-state index contributed by atoms with van der Waals surface area (Å²) in [5.74, 6) is -1.07. The van der Waals surface area contributed by atoms with Crippen molar-refractivity contribution in [2.75, 3.05) is 4.90 Å². The fourth-order valence-electron chi connectivity index (χ4n) is 3.41. The van der Waals surface area contributed by atoms with Crippen LogP contribution >= 0.6 is 43.5 Å². The Kier molecular flexibility index (Phi) is 7.21. The molecule has 172 valence electrons. The van der Waals surface area contributed by atoms with E-state index in [0.29, 0.717) is 33.1 Å². The van der Waals surface area contributed by atoms with E-state index in [9.17, 15) is 14.4 Å². The highest BCUT2D eigenvalue weighted by atomic mass is 79.9. The van der Waals surface area contributed by atoms with Crippen LogP contribution in [0.5, 0.6) is 5.75 Å². The number of hydrogen-bond donors (Lipinski definition) is 1. The lowest BCUT2D eigenvalue weighted by molar-refractivity contribution is -0.122. The van der Waals surface area contributed by atoms with Gasteiger partial charge in [0.15, 0.2) is 5.75 Å². The summed E-state index contributed by atoms with van der Waals surface area (Å²) in [6.45, 7) is 2.33. The molecule has 1 saturated heterocycles. The number of ether oxygens (including phenoxy) is 1. The van der Waals surface area contributed by atoms with Crippen LogP contribution in [0, 0.1) is 6.92 Å². The summed E-state index contributed by atoms with van der Waals surface area (Å²) in [4.78, 5) is 38.8. The van der Waals surface area contributed by atoms with E-state index in [2.05, 4.69) is 37.2 Å². The average molecular weight is 605 g/mol. The van der Waals surface area contributed by atoms with Gasteiger partial charge in [-0.15, -0.1) is 0 Å². The van der Waals surface area contributed by atoms with Crippen molar-refractivity contribution in [2.24, 2.45) is 0 Å². The van der Waals surface area contributed by atoms with E-state index in [0.717, 1.165) is 20.5 Å². The number of amides is 4. The van der Waals surface area contributed by atoms with Gasteiger partial charge in [-0.2, -0.15) is 0 Å². The molecule has 4 rings (SSSR count). The van der Waals surface area contributed by atoms with Gasteiger partial charge in [-0.05, 0) is 76.5 Å². The second kappa shape index (κ2) is 10.1. The van der Waals surface area contributed by atoms with Crippen LogP contribution in [0.3, 0.4) is 0 Å². The van der Waals surface area contributed by atoms with Gasteiger partial charge in [-0.3, -0.25) is 14.9 Å². The number of benzene rings is 3. The van der Waals surface area contributed by atoms with E-state index in [-0.39, 0.29) is 5.57 Å². The zero-order valence-corrected chi connectivity index (χ0v) is 21.7. The number of nitrogens with one attached hydrogen (secondary N) is 1. The first-order chi connectivity index (χ1) is 16.2. The summed E-state index contributed by atoms with van der Waals surface area (Å²) in [7, 11) is 0. The molecule has 0 unspecified atom stereocenters. The van der Waals surface area contributed by atoms with Crippen molar-refractivity contribution in [3.05, 3.63) is 96.9 Å². The summed E-state index contributed by atoms with van der Waals surface area (Å²) in [5, 5.41) is 2.51. The van der Waals surface area contributed by atoms with Crippen molar-refractivity contribution < 1.29 is 19.1 Å². The van der Waals surface area contributed by atoms with Gasteiger partial charge in [0.1, 0.15) is 12.2 Å². The summed E-state index contributed by atoms with van der Waals surface area (Å²) >= 11 is 13.2. The van der Waals surface area contributed by atoms with Crippen molar-refractivity contribution in [1.82, 2.24) is 5.32 Å². The van der Waals surface area contributed by atoms with Crippen molar-refractivity contribution in [3.8, 4) is 5.75 Å². The Labute approximate surface area is 217 Å². The maximum absolute atomic E-state index is 13.1. The molecule has 0 aliphatic carbocycles. The molecule has 3 aromatic carbocycles. The molecule has 4 amide bonds. The summed E-state index contributed by atoms with van der Waals surface area (Å²) in [6, 6.07) is 17.0. The van der Waals surface area contributed by atoms with E-state index < -0.39 is 17.8 Å². The SMILES string of the molecule is Cc1cccc(COc2c(Cl)cc(/C=C3\C(=O)NC(=O)N(c4ccc(Br)cc4)C3=O)cc2Br)c1. The first-order valence-electron chi connectivity index (χ1n) is 10.1. The summed E-state index contributed by atoms with van der Waals surface area (Å²) in [6.07, 6.45) is 1.39. The molecule has 0 bridgehead atoms. The molecule has 1 aliphatic heterocycles. The van der Waals surface area contributed by atoms with Gasteiger partial charge in [-0.1, -0.05) is 57.4 Å². The molecular weight excluding hydrogens is 588 g/mol. The molecule has 0 aromatic heterocycles. The topological polar surface area (TPSA) is 75.7 Å². The van der Waals surface area contributed by atoms with Crippen LogP contribution in [0.4, 0.5) is 10.5 Å². The Morgan fingerprint density at radius 3 is 2.44 bits per heavy atom. The van der Waals surface area contributed by atoms with Crippen LogP contribution in [0.15, 0.2) is 75.2 Å². The molecule has 3 aromatic rings. The highest BCUT2D eigenvalue weighted by Gasteiger charge is 2.36. The Morgan fingerprint density at radius 1 is 1.03 bits per heavy atom. The first kappa shape index (κ1) is 24.2. The fraction of sp³-hybridized carbons (Fsp3) is 0.0800. The number of barbiturate groups is 1. The Bertz CT molecular complexity index is 1320. The van der Waals surface area contributed by atoms with Crippen LogP contribution in [0.25, 0.3) is 6.08 Å². The van der Waals surface area contributed by atoms with Gasteiger partial charge in [0, 0.05) is 4.47 Å². The van der Waals surface area contributed by atoms with Gasteiger partial charge < -0.3 is 4.74 Å². The van der Waals surface area contributed by atoms with E-state index in [1.165, 1.54) is 6.08 Å². The molecule has 1 N–H and O–H groups in total. The van der Waals surface area contributed by atoms with Crippen molar-refractivity contribution >= 4 is 73.1 Å². The van der Waals surface area contributed by atoms with Crippen molar-refractivity contribution in [2.45, 2.75) is 13.5 Å². The maximum Gasteiger partial charge on any atom is 0.335 e. The molecule has 0 atom stereocenters. The number of urea groups is 1. The number of hydrogen-bond acceptors (Lipinski definition) is 4. The summed E-state index contributed by atoms with van der Waals surface area (Å²) in [5.41, 5.74) is 2.75. The smallest absolute Gasteiger partial charge is 0.335 e. The van der Waals surface area contributed by atoms with E-state index >= 15 is 0 Å². The molecule has 1 aliphatic rings. The standard InChI is InChI=1S/C25H17Br2ClN2O4/c1-14-3-2-4-15(9-14)13-34-22-20(27)11-16(12-21(22)28)10-19-23(31)29-25(33)30(24(19)32)18-7-5-17(26)6-8-18/h2-12H,13H2,1H3,(H,29,31,33)/b19-10+. The predicted octanol–water partition coefficient (Wildman–Crippen LogP) is 6.42.